The van der Waals surface area contributed by atoms with Crippen molar-refractivity contribution in [2.24, 2.45) is 0 Å². The Morgan fingerprint density at radius 1 is 1.05 bits per heavy atom. The second kappa shape index (κ2) is 7.13. The summed E-state index contributed by atoms with van der Waals surface area (Å²) in [7, 11) is 3.28. The van der Waals surface area contributed by atoms with Crippen molar-refractivity contribution in [3.05, 3.63) is 45.1 Å². The van der Waals surface area contributed by atoms with Crippen LogP contribution in [-0.2, 0) is 22.7 Å². The highest BCUT2D eigenvalue weighted by Gasteiger charge is 2.12. The molecule has 0 radical (unpaired) electrons. The molecule has 6 heteroatoms. The van der Waals surface area contributed by atoms with Gasteiger partial charge in [-0.3, -0.25) is 0 Å². The van der Waals surface area contributed by atoms with Crippen molar-refractivity contribution in [1.82, 2.24) is 9.97 Å². The first-order chi connectivity index (χ1) is 9.65. The summed E-state index contributed by atoms with van der Waals surface area (Å²) in [6, 6.07) is 7.86. The van der Waals surface area contributed by atoms with Crippen LogP contribution in [0.2, 0.25) is 5.15 Å². The van der Waals surface area contributed by atoms with Crippen LogP contribution >= 0.6 is 27.5 Å². The Hall–Kier alpha value is -1.01. The van der Waals surface area contributed by atoms with E-state index in [9.17, 15) is 0 Å². The molecular weight excluding hydrogens is 344 g/mol. The molecule has 0 atom stereocenters. The van der Waals surface area contributed by atoms with E-state index in [1.807, 2.05) is 24.3 Å². The minimum atomic E-state index is 0.373. The van der Waals surface area contributed by atoms with Crippen LogP contribution in [0.5, 0.6) is 0 Å². The maximum Gasteiger partial charge on any atom is 0.161 e. The fourth-order valence-corrected chi connectivity index (χ4v) is 2.22. The summed E-state index contributed by atoms with van der Waals surface area (Å²) in [6.45, 7) is 0.953. The number of hydrogen-bond donors (Lipinski definition) is 0. The van der Waals surface area contributed by atoms with Crippen LogP contribution in [0.25, 0.3) is 11.4 Å². The van der Waals surface area contributed by atoms with Gasteiger partial charge in [0.15, 0.2) is 5.82 Å². The Balaban J connectivity index is 2.36. The summed E-state index contributed by atoms with van der Waals surface area (Å²) >= 11 is 9.48. The van der Waals surface area contributed by atoms with Gasteiger partial charge in [0.05, 0.1) is 23.4 Å². The molecule has 0 saturated heterocycles. The zero-order chi connectivity index (χ0) is 14.5. The Morgan fingerprint density at radius 2 is 1.70 bits per heavy atom. The molecular formula is C14H14BrClN2O2. The monoisotopic (exact) mass is 356 g/mol. The summed E-state index contributed by atoms with van der Waals surface area (Å²) in [4.78, 5) is 8.75. The molecule has 20 heavy (non-hydrogen) atoms. The highest BCUT2D eigenvalue weighted by atomic mass is 79.9. The van der Waals surface area contributed by atoms with E-state index in [1.54, 1.807) is 14.2 Å². The first-order valence-corrected chi connectivity index (χ1v) is 7.12. The van der Waals surface area contributed by atoms with Gasteiger partial charge in [-0.15, -0.1) is 0 Å². The molecule has 0 bridgehead atoms. The standard InChI is InChI=1S/C14H14BrClN2O2/c1-19-7-9-3-5-10(6-4-9)14-17-11(8-20-2)12(15)13(16)18-14/h3-6H,7-8H2,1-2H3. The largest absolute Gasteiger partial charge is 0.380 e. The number of aromatic nitrogens is 2. The molecule has 0 saturated carbocycles. The molecule has 0 aliphatic carbocycles. The van der Waals surface area contributed by atoms with Gasteiger partial charge in [0.1, 0.15) is 5.15 Å². The third-order valence-electron chi connectivity index (χ3n) is 2.68. The van der Waals surface area contributed by atoms with Gasteiger partial charge in [-0.2, -0.15) is 0 Å². The normalized spacial score (nSPS) is 10.8. The molecule has 0 aliphatic rings. The molecule has 0 fully saturated rings. The molecule has 1 aromatic heterocycles. The number of ether oxygens (including phenoxy) is 2. The second-order valence-electron chi connectivity index (χ2n) is 4.16. The Labute approximate surface area is 131 Å². The molecule has 106 valence electrons. The van der Waals surface area contributed by atoms with Crippen molar-refractivity contribution < 1.29 is 9.47 Å². The van der Waals surface area contributed by atoms with E-state index in [1.165, 1.54) is 0 Å². The molecule has 0 aliphatic heterocycles. The SMILES string of the molecule is COCc1ccc(-c2nc(Cl)c(Br)c(COC)n2)cc1. The molecule has 4 nitrogen and oxygen atoms in total. The predicted octanol–water partition coefficient (Wildman–Crippen LogP) is 3.85. The van der Waals surface area contributed by atoms with Gasteiger partial charge in [-0.25, -0.2) is 9.97 Å². The van der Waals surface area contributed by atoms with Crippen LogP contribution in [0, 0.1) is 0 Å². The third kappa shape index (κ3) is 3.55. The lowest BCUT2D eigenvalue weighted by atomic mass is 10.1. The quantitative estimate of drug-likeness (QED) is 0.762. The molecule has 1 heterocycles. The maximum atomic E-state index is 6.11. The number of hydrogen-bond acceptors (Lipinski definition) is 4. The fraction of sp³-hybridized carbons (Fsp3) is 0.286. The number of benzene rings is 1. The maximum absolute atomic E-state index is 6.11. The van der Waals surface area contributed by atoms with E-state index in [2.05, 4.69) is 25.9 Å². The molecule has 0 amide bonds. The van der Waals surface area contributed by atoms with E-state index in [-0.39, 0.29) is 0 Å². The molecule has 0 N–H and O–H groups in total. The highest BCUT2D eigenvalue weighted by Crippen LogP contribution is 2.27. The van der Waals surface area contributed by atoms with E-state index in [4.69, 9.17) is 21.1 Å². The van der Waals surface area contributed by atoms with Crippen molar-refractivity contribution in [3.63, 3.8) is 0 Å². The number of rotatable bonds is 5. The average molecular weight is 358 g/mol. The molecule has 1 aromatic carbocycles. The highest BCUT2D eigenvalue weighted by molar-refractivity contribution is 9.10. The number of methoxy groups -OCH3 is 2. The van der Waals surface area contributed by atoms with Gasteiger partial charge in [0.2, 0.25) is 0 Å². The summed E-state index contributed by atoms with van der Waals surface area (Å²) < 4.78 is 10.9. The van der Waals surface area contributed by atoms with Gasteiger partial charge in [0.25, 0.3) is 0 Å². The van der Waals surface area contributed by atoms with E-state index in [0.29, 0.717) is 28.7 Å². The summed E-state index contributed by atoms with van der Waals surface area (Å²) in [6.07, 6.45) is 0. The van der Waals surface area contributed by atoms with Crippen molar-refractivity contribution in [1.29, 1.82) is 0 Å². The van der Waals surface area contributed by atoms with Gasteiger partial charge < -0.3 is 9.47 Å². The topological polar surface area (TPSA) is 44.2 Å². The Morgan fingerprint density at radius 3 is 2.30 bits per heavy atom. The minimum absolute atomic E-state index is 0.373. The second-order valence-corrected chi connectivity index (χ2v) is 5.31. The lowest BCUT2D eigenvalue weighted by molar-refractivity contribution is 0.181. The fourth-order valence-electron chi connectivity index (χ4n) is 1.74. The molecule has 2 rings (SSSR count). The minimum Gasteiger partial charge on any atom is -0.380 e. The lowest BCUT2D eigenvalue weighted by Gasteiger charge is -2.08. The zero-order valence-corrected chi connectivity index (χ0v) is 13.5. The Bertz CT molecular complexity index is 590. The van der Waals surface area contributed by atoms with Gasteiger partial charge >= 0.3 is 0 Å². The van der Waals surface area contributed by atoms with Crippen molar-refractivity contribution in [2.45, 2.75) is 13.2 Å². The molecule has 0 unspecified atom stereocenters. The van der Waals surface area contributed by atoms with Crippen LogP contribution in [0.4, 0.5) is 0 Å². The van der Waals surface area contributed by atoms with Crippen LogP contribution in [-0.4, -0.2) is 24.2 Å². The Kier molecular flexibility index (Phi) is 5.48. The van der Waals surface area contributed by atoms with E-state index >= 15 is 0 Å². The van der Waals surface area contributed by atoms with Crippen molar-refractivity contribution in [2.75, 3.05) is 14.2 Å². The number of halogens is 2. The van der Waals surface area contributed by atoms with Crippen LogP contribution < -0.4 is 0 Å². The third-order valence-corrected chi connectivity index (χ3v) is 4.02. The predicted molar refractivity (Wildman–Crippen MR) is 81.6 cm³/mol. The molecule has 2 aromatic rings. The molecule has 0 spiro atoms. The first kappa shape index (κ1) is 15.4. The van der Waals surface area contributed by atoms with Gasteiger partial charge in [0, 0.05) is 19.8 Å². The lowest BCUT2D eigenvalue weighted by Crippen LogP contribution is -2.00. The summed E-state index contributed by atoms with van der Waals surface area (Å²) in [5.41, 5.74) is 2.72. The van der Waals surface area contributed by atoms with Crippen LogP contribution in [0.3, 0.4) is 0 Å². The summed E-state index contributed by atoms with van der Waals surface area (Å²) in [5, 5.41) is 0.378. The summed E-state index contributed by atoms with van der Waals surface area (Å²) in [5.74, 6) is 0.578. The van der Waals surface area contributed by atoms with Crippen molar-refractivity contribution >= 4 is 27.5 Å². The smallest absolute Gasteiger partial charge is 0.161 e. The first-order valence-electron chi connectivity index (χ1n) is 5.94. The van der Waals surface area contributed by atoms with Crippen molar-refractivity contribution in [3.8, 4) is 11.4 Å². The van der Waals surface area contributed by atoms with Gasteiger partial charge in [-0.1, -0.05) is 35.9 Å². The average Bonchev–Trinajstić information content (AvgIpc) is 2.45. The van der Waals surface area contributed by atoms with E-state index < -0.39 is 0 Å². The number of nitrogens with zero attached hydrogens (tertiary/aromatic N) is 2. The van der Waals surface area contributed by atoms with E-state index in [0.717, 1.165) is 16.8 Å². The zero-order valence-electron chi connectivity index (χ0n) is 11.2. The van der Waals surface area contributed by atoms with Crippen LogP contribution in [0.1, 0.15) is 11.3 Å². The van der Waals surface area contributed by atoms with Crippen LogP contribution in [0.15, 0.2) is 28.7 Å². The van der Waals surface area contributed by atoms with Gasteiger partial charge in [-0.05, 0) is 21.5 Å².